The number of benzene rings is 3. The predicted octanol–water partition coefficient (Wildman–Crippen LogP) is 5.59. The Morgan fingerprint density at radius 3 is 2.34 bits per heavy atom. The van der Waals surface area contributed by atoms with E-state index >= 15 is 0 Å². The molecule has 4 rings (SSSR count). The normalized spacial score (nSPS) is 11.8. The van der Waals surface area contributed by atoms with E-state index in [0.717, 1.165) is 6.42 Å². The molecule has 0 saturated carbocycles. The molecule has 1 aromatic heterocycles. The first-order valence-electron chi connectivity index (χ1n) is 12.8. The Kier molecular flexibility index (Phi) is 8.76. The quantitative estimate of drug-likeness (QED) is 0.298. The molecule has 0 aliphatic heterocycles. The average molecular weight is 515 g/mol. The number of urea groups is 1. The lowest BCUT2D eigenvalue weighted by molar-refractivity contribution is 0.131. The minimum Gasteiger partial charge on any atom is -0.497 e. The zero-order chi connectivity index (χ0) is 27.1. The number of amides is 2. The highest BCUT2D eigenvalue weighted by atomic mass is 16.5. The Balaban J connectivity index is 1.83. The van der Waals surface area contributed by atoms with Gasteiger partial charge in [0.25, 0.3) is 5.56 Å². The van der Waals surface area contributed by atoms with Crippen molar-refractivity contribution in [3.8, 4) is 11.4 Å². The molecule has 1 heterocycles. The SMILES string of the molecule is CCc1ccc(NC(=O)N(CCOC)C(CC)c2nc3ccccc3c(=O)n2-c2ccc(OC)cc2)cc1. The molecule has 8 nitrogen and oxygen atoms in total. The molecule has 2 amide bonds. The minimum atomic E-state index is -0.500. The maximum absolute atomic E-state index is 13.8. The number of ether oxygens (including phenoxy) is 2. The van der Waals surface area contributed by atoms with Gasteiger partial charge in [-0.2, -0.15) is 0 Å². The first-order chi connectivity index (χ1) is 18.5. The van der Waals surface area contributed by atoms with Gasteiger partial charge < -0.3 is 19.7 Å². The van der Waals surface area contributed by atoms with Crippen LogP contribution in [0.4, 0.5) is 10.5 Å². The molecule has 1 atom stereocenters. The predicted molar refractivity (Wildman–Crippen MR) is 150 cm³/mol. The number of hydrogen-bond acceptors (Lipinski definition) is 5. The van der Waals surface area contributed by atoms with Gasteiger partial charge in [-0.1, -0.05) is 38.1 Å². The van der Waals surface area contributed by atoms with Crippen LogP contribution in [0, 0.1) is 0 Å². The van der Waals surface area contributed by atoms with Crippen LogP contribution in [0.2, 0.25) is 0 Å². The van der Waals surface area contributed by atoms with Gasteiger partial charge in [0, 0.05) is 19.3 Å². The van der Waals surface area contributed by atoms with Crippen LogP contribution in [0.25, 0.3) is 16.6 Å². The lowest BCUT2D eigenvalue weighted by Crippen LogP contribution is -2.42. The molecular formula is C30H34N4O4. The topological polar surface area (TPSA) is 85.7 Å². The molecule has 0 fully saturated rings. The summed E-state index contributed by atoms with van der Waals surface area (Å²) in [6.45, 7) is 4.72. The summed E-state index contributed by atoms with van der Waals surface area (Å²) in [7, 11) is 3.20. The van der Waals surface area contributed by atoms with Crippen LogP contribution >= 0.6 is 0 Å². The number of nitrogens with zero attached hydrogens (tertiary/aromatic N) is 3. The largest absolute Gasteiger partial charge is 0.497 e. The van der Waals surface area contributed by atoms with Crippen molar-refractivity contribution >= 4 is 22.6 Å². The van der Waals surface area contributed by atoms with Crippen molar-refractivity contribution in [2.24, 2.45) is 0 Å². The first-order valence-corrected chi connectivity index (χ1v) is 12.8. The van der Waals surface area contributed by atoms with Crippen LogP contribution in [-0.2, 0) is 11.2 Å². The zero-order valence-corrected chi connectivity index (χ0v) is 22.3. The van der Waals surface area contributed by atoms with Gasteiger partial charge in [-0.15, -0.1) is 0 Å². The Labute approximate surface area is 222 Å². The Morgan fingerprint density at radius 1 is 1.00 bits per heavy atom. The number of nitrogens with one attached hydrogen (secondary N) is 1. The summed E-state index contributed by atoms with van der Waals surface area (Å²) in [6.07, 6.45) is 1.45. The molecule has 0 spiro atoms. The van der Waals surface area contributed by atoms with E-state index < -0.39 is 6.04 Å². The van der Waals surface area contributed by atoms with Crippen molar-refractivity contribution in [2.75, 3.05) is 32.7 Å². The molecule has 0 aliphatic carbocycles. The third-order valence-electron chi connectivity index (χ3n) is 6.60. The highest BCUT2D eigenvalue weighted by molar-refractivity contribution is 5.89. The number of carbonyl (C=O) groups excluding carboxylic acids is 1. The molecule has 4 aromatic rings. The summed E-state index contributed by atoms with van der Waals surface area (Å²) in [4.78, 5) is 34.1. The smallest absolute Gasteiger partial charge is 0.322 e. The average Bonchev–Trinajstić information content (AvgIpc) is 2.95. The molecule has 198 valence electrons. The lowest BCUT2D eigenvalue weighted by atomic mass is 10.1. The Bertz CT molecular complexity index is 1430. The minimum absolute atomic E-state index is 0.198. The number of aryl methyl sites for hydroxylation is 1. The van der Waals surface area contributed by atoms with E-state index in [4.69, 9.17) is 14.5 Å². The molecule has 38 heavy (non-hydrogen) atoms. The van der Waals surface area contributed by atoms with Gasteiger partial charge in [0.05, 0.1) is 36.3 Å². The summed E-state index contributed by atoms with van der Waals surface area (Å²) in [6, 6.07) is 21.5. The summed E-state index contributed by atoms with van der Waals surface area (Å²) < 4.78 is 12.3. The Hall–Kier alpha value is -4.17. The molecule has 0 radical (unpaired) electrons. The summed E-state index contributed by atoms with van der Waals surface area (Å²) in [5, 5.41) is 3.52. The fourth-order valence-electron chi connectivity index (χ4n) is 4.50. The van der Waals surface area contributed by atoms with Crippen LogP contribution < -0.4 is 15.6 Å². The van der Waals surface area contributed by atoms with Crippen molar-refractivity contribution in [3.63, 3.8) is 0 Å². The van der Waals surface area contributed by atoms with Gasteiger partial charge in [0.2, 0.25) is 0 Å². The van der Waals surface area contributed by atoms with Crippen molar-refractivity contribution < 1.29 is 14.3 Å². The summed E-state index contributed by atoms with van der Waals surface area (Å²) >= 11 is 0. The summed E-state index contributed by atoms with van der Waals surface area (Å²) in [5.74, 6) is 1.16. The van der Waals surface area contributed by atoms with Gasteiger partial charge in [-0.3, -0.25) is 9.36 Å². The maximum atomic E-state index is 13.8. The van der Waals surface area contributed by atoms with Crippen molar-refractivity contribution in [3.05, 3.63) is 94.5 Å². The number of rotatable bonds is 10. The van der Waals surface area contributed by atoms with Crippen LogP contribution in [-0.4, -0.2) is 47.9 Å². The first kappa shape index (κ1) is 26.9. The van der Waals surface area contributed by atoms with Crippen LogP contribution in [0.1, 0.15) is 37.7 Å². The molecule has 1 unspecified atom stereocenters. The van der Waals surface area contributed by atoms with E-state index in [1.165, 1.54) is 5.56 Å². The van der Waals surface area contributed by atoms with Gasteiger partial charge in [-0.25, -0.2) is 9.78 Å². The van der Waals surface area contributed by atoms with Gasteiger partial charge >= 0.3 is 6.03 Å². The molecule has 3 aromatic carbocycles. The number of fused-ring (bicyclic) bond motifs is 1. The number of para-hydroxylation sites is 1. The second kappa shape index (κ2) is 12.4. The van der Waals surface area contributed by atoms with E-state index in [1.807, 2.05) is 61.5 Å². The lowest BCUT2D eigenvalue weighted by Gasteiger charge is -2.32. The number of carbonyl (C=O) groups is 1. The second-order valence-corrected chi connectivity index (χ2v) is 8.92. The highest BCUT2D eigenvalue weighted by Crippen LogP contribution is 2.27. The van der Waals surface area contributed by atoms with E-state index in [2.05, 4.69) is 12.2 Å². The number of aromatic nitrogens is 2. The van der Waals surface area contributed by atoms with Gasteiger partial charge in [0.15, 0.2) is 0 Å². The van der Waals surface area contributed by atoms with E-state index in [0.29, 0.717) is 53.4 Å². The molecule has 8 heteroatoms. The monoisotopic (exact) mass is 514 g/mol. The van der Waals surface area contributed by atoms with E-state index in [9.17, 15) is 9.59 Å². The molecule has 0 saturated heterocycles. The third kappa shape index (κ3) is 5.70. The molecule has 0 aliphatic rings. The number of methoxy groups -OCH3 is 2. The zero-order valence-electron chi connectivity index (χ0n) is 22.3. The van der Waals surface area contributed by atoms with E-state index in [-0.39, 0.29) is 11.6 Å². The van der Waals surface area contributed by atoms with Crippen molar-refractivity contribution in [1.82, 2.24) is 14.5 Å². The van der Waals surface area contributed by atoms with Crippen LogP contribution in [0.15, 0.2) is 77.6 Å². The standard InChI is InChI=1S/C30H34N4O4/c1-5-21-11-13-22(14-12-21)31-30(36)33(19-20-37-3)27(6-2)28-32-26-10-8-7-9-25(26)29(35)34(28)23-15-17-24(38-4)18-16-23/h7-18,27H,5-6,19-20H2,1-4H3,(H,31,36). The Morgan fingerprint density at radius 2 is 1.71 bits per heavy atom. The van der Waals surface area contributed by atoms with E-state index in [1.54, 1.807) is 41.9 Å². The van der Waals surface area contributed by atoms with Crippen molar-refractivity contribution in [2.45, 2.75) is 32.7 Å². The van der Waals surface area contributed by atoms with Gasteiger partial charge in [-0.05, 0) is 66.9 Å². The number of anilines is 1. The second-order valence-electron chi connectivity index (χ2n) is 8.92. The molecular weight excluding hydrogens is 480 g/mol. The fraction of sp³-hybridized carbons (Fsp3) is 0.300. The van der Waals surface area contributed by atoms with Gasteiger partial charge in [0.1, 0.15) is 11.6 Å². The number of hydrogen-bond donors (Lipinski definition) is 1. The molecule has 0 bridgehead atoms. The third-order valence-corrected chi connectivity index (χ3v) is 6.60. The van der Waals surface area contributed by atoms with Crippen LogP contribution in [0.3, 0.4) is 0 Å². The summed E-state index contributed by atoms with van der Waals surface area (Å²) in [5.41, 5.74) is 2.91. The fourth-order valence-corrected chi connectivity index (χ4v) is 4.50. The molecule has 1 N–H and O–H groups in total. The highest BCUT2D eigenvalue weighted by Gasteiger charge is 2.29. The van der Waals surface area contributed by atoms with Crippen LogP contribution in [0.5, 0.6) is 5.75 Å². The van der Waals surface area contributed by atoms with Crippen molar-refractivity contribution in [1.29, 1.82) is 0 Å². The maximum Gasteiger partial charge on any atom is 0.322 e.